The minimum Gasteiger partial charge on any atom is -0.338 e. The summed E-state index contributed by atoms with van der Waals surface area (Å²) in [5, 5.41) is 11.7. The molecule has 6 heteroatoms. The Bertz CT molecular complexity index is 519. The molecule has 0 aromatic carbocycles. The molecule has 2 heterocycles. The van der Waals surface area contributed by atoms with E-state index in [4.69, 9.17) is 0 Å². The van der Waals surface area contributed by atoms with Gasteiger partial charge in [0, 0.05) is 50.7 Å². The second-order valence-electron chi connectivity index (χ2n) is 5.78. The van der Waals surface area contributed by atoms with E-state index in [1.165, 1.54) is 0 Å². The molecule has 0 aliphatic rings. The molecule has 0 atom stereocenters. The third-order valence-corrected chi connectivity index (χ3v) is 2.87. The fourth-order valence-electron chi connectivity index (χ4n) is 1.74. The fraction of sp³-hybridized carbons (Fsp3) is 0.615. The van der Waals surface area contributed by atoms with Crippen molar-refractivity contribution in [3.05, 3.63) is 30.1 Å². The van der Waals surface area contributed by atoms with E-state index in [1.54, 1.807) is 0 Å². The van der Waals surface area contributed by atoms with Gasteiger partial charge in [0.1, 0.15) is 5.82 Å². The summed E-state index contributed by atoms with van der Waals surface area (Å²) in [6.45, 7) is 7.95. The maximum absolute atomic E-state index is 4.30. The summed E-state index contributed by atoms with van der Waals surface area (Å²) in [4.78, 5) is 4.30. The number of nitrogens with one attached hydrogen (secondary N) is 1. The Labute approximate surface area is 113 Å². The molecule has 0 unspecified atom stereocenters. The number of hydrogen-bond donors (Lipinski definition) is 1. The van der Waals surface area contributed by atoms with Gasteiger partial charge in [0.05, 0.1) is 5.69 Å². The zero-order valence-electron chi connectivity index (χ0n) is 12.1. The van der Waals surface area contributed by atoms with Crippen molar-refractivity contribution in [2.45, 2.75) is 45.8 Å². The van der Waals surface area contributed by atoms with Crippen LogP contribution in [0.1, 0.15) is 32.3 Å². The van der Waals surface area contributed by atoms with Crippen LogP contribution >= 0.6 is 0 Å². The average Bonchev–Trinajstić information content (AvgIpc) is 2.92. The molecular formula is C13H22N6. The summed E-state index contributed by atoms with van der Waals surface area (Å²) in [5.41, 5.74) is 1.06. The highest BCUT2D eigenvalue weighted by Gasteiger charge is 2.10. The Morgan fingerprint density at radius 2 is 2.11 bits per heavy atom. The van der Waals surface area contributed by atoms with Crippen molar-refractivity contribution in [1.82, 2.24) is 29.9 Å². The van der Waals surface area contributed by atoms with Crippen molar-refractivity contribution < 1.29 is 0 Å². The predicted molar refractivity (Wildman–Crippen MR) is 73.5 cm³/mol. The van der Waals surface area contributed by atoms with Crippen LogP contribution in [0, 0.1) is 0 Å². The third-order valence-electron chi connectivity index (χ3n) is 2.87. The first-order chi connectivity index (χ1) is 8.94. The molecule has 104 valence electrons. The molecule has 0 fully saturated rings. The smallest absolute Gasteiger partial charge is 0.110 e. The first-order valence-corrected chi connectivity index (χ1v) is 6.54. The summed E-state index contributed by atoms with van der Waals surface area (Å²) in [6.07, 6.45) is 6.62. The van der Waals surface area contributed by atoms with E-state index in [1.807, 2.05) is 34.9 Å². The maximum atomic E-state index is 4.30. The standard InChI is InChI=1S/C13H22N6/c1-13(2,3)15-9-11-10-19(17-16-11)7-5-12-14-6-8-18(12)4/h6,8,10,15H,5,7,9H2,1-4H3. The van der Waals surface area contributed by atoms with Gasteiger partial charge in [0.25, 0.3) is 0 Å². The van der Waals surface area contributed by atoms with Crippen molar-refractivity contribution >= 4 is 0 Å². The molecule has 2 aromatic heterocycles. The lowest BCUT2D eigenvalue weighted by Crippen LogP contribution is -2.35. The number of rotatable bonds is 5. The molecule has 1 N–H and O–H groups in total. The molecule has 2 rings (SSSR count). The highest BCUT2D eigenvalue weighted by Crippen LogP contribution is 2.02. The second kappa shape index (κ2) is 5.52. The molecule has 0 bridgehead atoms. The molecule has 0 saturated carbocycles. The van der Waals surface area contributed by atoms with Gasteiger partial charge < -0.3 is 9.88 Å². The van der Waals surface area contributed by atoms with Gasteiger partial charge in [-0.25, -0.2) is 4.98 Å². The summed E-state index contributed by atoms with van der Waals surface area (Å²) < 4.78 is 3.90. The third kappa shape index (κ3) is 4.17. The van der Waals surface area contributed by atoms with Crippen LogP contribution in [0.15, 0.2) is 18.6 Å². The molecule has 19 heavy (non-hydrogen) atoms. The van der Waals surface area contributed by atoms with Crippen LogP contribution in [0.4, 0.5) is 0 Å². The lowest BCUT2D eigenvalue weighted by Gasteiger charge is -2.19. The summed E-state index contributed by atoms with van der Waals surface area (Å²) in [6, 6.07) is 0. The molecular weight excluding hydrogens is 240 g/mol. The Balaban J connectivity index is 1.86. The van der Waals surface area contributed by atoms with E-state index in [9.17, 15) is 0 Å². The van der Waals surface area contributed by atoms with Gasteiger partial charge in [-0.1, -0.05) is 5.21 Å². The second-order valence-corrected chi connectivity index (χ2v) is 5.78. The molecule has 6 nitrogen and oxygen atoms in total. The van der Waals surface area contributed by atoms with E-state index in [0.717, 1.165) is 31.0 Å². The highest BCUT2D eigenvalue weighted by atomic mass is 15.4. The lowest BCUT2D eigenvalue weighted by molar-refractivity contribution is 0.421. The van der Waals surface area contributed by atoms with Crippen molar-refractivity contribution in [3.8, 4) is 0 Å². The average molecular weight is 262 g/mol. The lowest BCUT2D eigenvalue weighted by atomic mass is 10.1. The van der Waals surface area contributed by atoms with Gasteiger partial charge in [0.2, 0.25) is 0 Å². The first-order valence-electron chi connectivity index (χ1n) is 6.54. The fourth-order valence-corrected chi connectivity index (χ4v) is 1.74. The molecule has 0 spiro atoms. The number of aromatic nitrogens is 5. The quantitative estimate of drug-likeness (QED) is 0.878. The largest absolute Gasteiger partial charge is 0.338 e. The maximum Gasteiger partial charge on any atom is 0.110 e. The van der Waals surface area contributed by atoms with Crippen molar-refractivity contribution in [3.63, 3.8) is 0 Å². The molecule has 0 amide bonds. The highest BCUT2D eigenvalue weighted by molar-refractivity contribution is 4.95. The molecule has 2 aromatic rings. The number of hydrogen-bond acceptors (Lipinski definition) is 4. The predicted octanol–water partition coefficient (Wildman–Crippen LogP) is 1.14. The van der Waals surface area contributed by atoms with Crippen LogP contribution in [-0.4, -0.2) is 30.1 Å². The van der Waals surface area contributed by atoms with E-state index in [0.29, 0.717) is 0 Å². The van der Waals surface area contributed by atoms with Crippen LogP contribution in [0.25, 0.3) is 0 Å². The summed E-state index contributed by atoms with van der Waals surface area (Å²) in [7, 11) is 2.00. The topological polar surface area (TPSA) is 60.6 Å². The number of imidazole rings is 1. The Morgan fingerprint density at radius 1 is 1.32 bits per heavy atom. The molecule has 0 radical (unpaired) electrons. The van der Waals surface area contributed by atoms with Crippen LogP contribution in [0.2, 0.25) is 0 Å². The zero-order valence-corrected chi connectivity index (χ0v) is 12.1. The monoisotopic (exact) mass is 262 g/mol. The van der Waals surface area contributed by atoms with E-state index < -0.39 is 0 Å². The summed E-state index contributed by atoms with van der Waals surface area (Å²) in [5.74, 6) is 1.06. The number of nitrogens with zero attached hydrogens (tertiary/aromatic N) is 5. The zero-order chi connectivity index (χ0) is 13.9. The minimum absolute atomic E-state index is 0.0940. The Kier molecular flexibility index (Phi) is 3.99. The van der Waals surface area contributed by atoms with Gasteiger partial charge in [0.15, 0.2) is 0 Å². The number of aryl methyl sites for hydroxylation is 3. The Hall–Kier alpha value is -1.69. The normalized spacial score (nSPS) is 12.0. The summed E-state index contributed by atoms with van der Waals surface area (Å²) >= 11 is 0. The molecule has 0 saturated heterocycles. The molecule has 0 aliphatic heterocycles. The minimum atomic E-state index is 0.0940. The van der Waals surface area contributed by atoms with Crippen molar-refractivity contribution in [2.24, 2.45) is 7.05 Å². The van der Waals surface area contributed by atoms with Crippen LogP contribution in [0.3, 0.4) is 0 Å². The van der Waals surface area contributed by atoms with Crippen LogP contribution in [-0.2, 0) is 26.6 Å². The van der Waals surface area contributed by atoms with Gasteiger partial charge in [-0.3, -0.25) is 4.68 Å². The van der Waals surface area contributed by atoms with E-state index in [-0.39, 0.29) is 5.54 Å². The van der Waals surface area contributed by atoms with Crippen LogP contribution in [0.5, 0.6) is 0 Å². The SMILES string of the molecule is Cn1ccnc1CCn1cc(CNC(C)(C)C)nn1. The van der Waals surface area contributed by atoms with Crippen LogP contribution < -0.4 is 5.32 Å². The van der Waals surface area contributed by atoms with Gasteiger partial charge in [-0.05, 0) is 20.8 Å². The van der Waals surface area contributed by atoms with Gasteiger partial charge in [-0.2, -0.15) is 0 Å². The first kappa shape index (κ1) is 13.7. The van der Waals surface area contributed by atoms with E-state index in [2.05, 4.69) is 41.4 Å². The van der Waals surface area contributed by atoms with Crippen molar-refractivity contribution in [1.29, 1.82) is 0 Å². The van der Waals surface area contributed by atoms with E-state index >= 15 is 0 Å². The van der Waals surface area contributed by atoms with Crippen molar-refractivity contribution in [2.75, 3.05) is 0 Å². The van der Waals surface area contributed by atoms with Gasteiger partial charge in [-0.15, -0.1) is 5.10 Å². The Morgan fingerprint density at radius 3 is 2.74 bits per heavy atom. The molecule has 0 aliphatic carbocycles. The van der Waals surface area contributed by atoms with Gasteiger partial charge >= 0.3 is 0 Å².